The van der Waals surface area contributed by atoms with E-state index in [0.29, 0.717) is 17.9 Å². The highest BCUT2D eigenvalue weighted by molar-refractivity contribution is 9.11. The van der Waals surface area contributed by atoms with E-state index in [1.54, 1.807) is 13.1 Å². The van der Waals surface area contributed by atoms with Gasteiger partial charge in [0.05, 0.1) is 11.1 Å². The van der Waals surface area contributed by atoms with Gasteiger partial charge in [-0.1, -0.05) is 22.0 Å². The first kappa shape index (κ1) is 14.3. The van der Waals surface area contributed by atoms with E-state index >= 15 is 0 Å². The molecule has 0 amide bonds. The number of hydrogen-bond donors (Lipinski definition) is 0. The van der Waals surface area contributed by atoms with Crippen LogP contribution in [0.3, 0.4) is 0 Å². The molecule has 0 aliphatic carbocycles. The predicted octanol–water partition coefficient (Wildman–Crippen LogP) is 3.70. The zero-order valence-electron chi connectivity index (χ0n) is 10.2. The Morgan fingerprint density at radius 3 is 2.89 bits per heavy atom. The quantitative estimate of drug-likeness (QED) is 0.749. The van der Waals surface area contributed by atoms with E-state index in [9.17, 15) is 4.79 Å². The number of esters is 1. The summed E-state index contributed by atoms with van der Waals surface area (Å²) in [6.45, 7) is 1.95. The molecule has 100 valence electrons. The molecule has 0 radical (unpaired) electrons. The van der Waals surface area contributed by atoms with Gasteiger partial charge in [-0.05, 0) is 35.0 Å². The van der Waals surface area contributed by atoms with Gasteiger partial charge in [-0.15, -0.1) is 0 Å². The SMILES string of the molecule is CCOC(=O)COc1c(Br)cc(Br)c2cccnc12. The lowest BCUT2D eigenvalue weighted by Crippen LogP contribution is -2.15. The van der Waals surface area contributed by atoms with Crippen LogP contribution in [-0.4, -0.2) is 24.2 Å². The fourth-order valence-corrected chi connectivity index (χ4v) is 3.00. The maximum atomic E-state index is 11.3. The lowest BCUT2D eigenvalue weighted by Gasteiger charge is -2.11. The lowest BCUT2D eigenvalue weighted by atomic mass is 10.2. The second kappa shape index (κ2) is 6.34. The Kier molecular flexibility index (Phi) is 4.76. The number of halogens is 2. The number of hydrogen-bond acceptors (Lipinski definition) is 4. The van der Waals surface area contributed by atoms with E-state index in [-0.39, 0.29) is 6.61 Å². The summed E-state index contributed by atoms with van der Waals surface area (Å²) >= 11 is 6.88. The first-order chi connectivity index (χ1) is 9.13. The summed E-state index contributed by atoms with van der Waals surface area (Å²) in [7, 11) is 0. The fraction of sp³-hybridized carbons (Fsp3) is 0.231. The molecule has 4 nitrogen and oxygen atoms in total. The fourth-order valence-electron chi connectivity index (χ4n) is 1.62. The van der Waals surface area contributed by atoms with Crippen molar-refractivity contribution in [2.75, 3.05) is 13.2 Å². The van der Waals surface area contributed by atoms with Gasteiger partial charge in [-0.2, -0.15) is 0 Å². The molecule has 0 saturated carbocycles. The number of fused-ring (bicyclic) bond motifs is 1. The van der Waals surface area contributed by atoms with E-state index in [4.69, 9.17) is 9.47 Å². The van der Waals surface area contributed by atoms with Gasteiger partial charge >= 0.3 is 5.97 Å². The van der Waals surface area contributed by atoms with E-state index < -0.39 is 5.97 Å². The van der Waals surface area contributed by atoms with Gasteiger partial charge in [-0.3, -0.25) is 4.98 Å². The third-order valence-electron chi connectivity index (χ3n) is 2.39. The van der Waals surface area contributed by atoms with Crippen LogP contribution >= 0.6 is 31.9 Å². The third kappa shape index (κ3) is 3.25. The number of carbonyl (C=O) groups excluding carboxylic acids is 1. The molecule has 0 bridgehead atoms. The topological polar surface area (TPSA) is 48.4 Å². The number of ether oxygens (including phenoxy) is 2. The van der Waals surface area contributed by atoms with Crippen LogP contribution in [0.25, 0.3) is 10.9 Å². The van der Waals surface area contributed by atoms with Crippen molar-refractivity contribution >= 4 is 48.7 Å². The lowest BCUT2D eigenvalue weighted by molar-refractivity contribution is -0.145. The first-order valence-corrected chi connectivity index (χ1v) is 7.23. The highest BCUT2D eigenvalue weighted by atomic mass is 79.9. The zero-order chi connectivity index (χ0) is 13.8. The van der Waals surface area contributed by atoms with Crippen LogP contribution in [0.2, 0.25) is 0 Å². The molecule has 19 heavy (non-hydrogen) atoms. The molecule has 0 saturated heterocycles. The Morgan fingerprint density at radius 1 is 1.37 bits per heavy atom. The number of rotatable bonds is 4. The second-order valence-electron chi connectivity index (χ2n) is 3.66. The summed E-state index contributed by atoms with van der Waals surface area (Å²) < 4.78 is 12.0. The standard InChI is InChI=1S/C13H11Br2NO3/c1-2-18-11(17)7-19-13-10(15)6-9(14)8-4-3-5-16-12(8)13/h3-6H,2,7H2,1H3. The Hall–Kier alpha value is -1.14. The van der Waals surface area contributed by atoms with Gasteiger partial charge < -0.3 is 9.47 Å². The molecule has 1 aromatic heterocycles. The van der Waals surface area contributed by atoms with E-state index in [1.807, 2.05) is 18.2 Å². The second-order valence-corrected chi connectivity index (χ2v) is 5.37. The molecule has 0 spiro atoms. The average molecular weight is 389 g/mol. The van der Waals surface area contributed by atoms with Crippen LogP contribution in [-0.2, 0) is 9.53 Å². The molecule has 0 atom stereocenters. The molecule has 0 aliphatic rings. The highest BCUT2D eigenvalue weighted by Gasteiger charge is 2.13. The van der Waals surface area contributed by atoms with Crippen molar-refractivity contribution in [2.24, 2.45) is 0 Å². The zero-order valence-corrected chi connectivity index (χ0v) is 13.3. The van der Waals surface area contributed by atoms with Crippen molar-refractivity contribution in [3.8, 4) is 5.75 Å². The minimum Gasteiger partial charge on any atom is -0.478 e. The van der Waals surface area contributed by atoms with E-state index in [0.717, 1.165) is 14.3 Å². The number of benzene rings is 1. The molecular weight excluding hydrogens is 378 g/mol. The highest BCUT2D eigenvalue weighted by Crippen LogP contribution is 2.37. The Bertz CT molecular complexity index is 616. The van der Waals surface area contributed by atoms with E-state index in [2.05, 4.69) is 36.8 Å². The summed E-state index contributed by atoms with van der Waals surface area (Å²) in [6.07, 6.45) is 1.68. The van der Waals surface area contributed by atoms with Gasteiger partial charge in [0.2, 0.25) is 0 Å². The Morgan fingerprint density at radius 2 is 2.16 bits per heavy atom. The molecule has 1 heterocycles. The predicted molar refractivity (Wildman–Crippen MR) is 79.3 cm³/mol. The third-order valence-corrected chi connectivity index (χ3v) is 3.64. The van der Waals surface area contributed by atoms with Gasteiger partial charge in [0, 0.05) is 16.1 Å². The number of aromatic nitrogens is 1. The summed E-state index contributed by atoms with van der Waals surface area (Å²) in [6, 6.07) is 5.64. The van der Waals surface area contributed by atoms with Gasteiger partial charge in [0.1, 0.15) is 5.52 Å². The molecule has 0 N–H and O–H groups in total. The van der Waals surface area contributed by atoms with Crippen LogP contribution in [0.5, 0.6) is 5.75 Å². The molecule has 2 aromatic rings. The summed E-state index contributed by atoms with van der Waals surface area (Å²) in [5.74, 6) is 0.133. The maximum absolute atomic E-state index is 11.3. The monoisotopic (exact) mass is 387 g/mol. The first-order valence-electron chi connectivity index (χ1n) is 5.64. The van der Waals surface area contributed by atoms with Crippen LogP contribution in [0.1, 0.15) is 6.92 Å². The molecule has 0 unspecified atom stereocenters. The van der Waals surface area contributed by atoms with Crippen molar-refractivity contribution in [3.63, 3.8) is 0 Å². The number of nitrogens with zero attached hydrogens (tertiary/aromatic N) is 1. The van der Waals surface area contributed by atoms with Crippen LogP contribution in [0.15, 0.2) is 33.3 Å². The van der Waals surface area contributed by atoms with Crippen molar-refractivity contribution in [2.45, 2.75) is 6.92 Å². The molecular formula is C13H11Br2NO3. The van der Waals surface area contributed by atoms with Gasteiger partial charge in [0.15, 0.2) is 12.4 Å². The maximum Gasteiger partial charge on any atom is 0.344 e. The largest absolute Gasteiger partial charge is 0.478 e. The average Bonchev–Trinajstić information content (AvgIpc) is 2.39. The molecule has 2 rings (SSSR count). The minimum atomic E-state index is -0.401. The van der Waals surface area contributed by atoms with Crippen LogP contribution in [0, 0.1) is 0 Å². The number of carbonyl (C=O) groups is 1. The Labute approximate surface area is 127 Å². The normalized spacial score (nSPS) is 10.5. The Balaban J connectivity index is 2.34. The summed E-state index contributed by atoms with van der Waals surface area (Å²) in [4.78, 5) is 15.6. The van der Waals surface area contributed by atoms with Crippen molar-refractivity contribution in [1.82, 2.24) is 4.98 Å². The summed E-state index contributed by atoms with van der Waals surface area (Å²) in [5.41, 5.74) is 0.688. The molecule has 1 aromatic carbocycles. The minimum absolute atomic E-state index is 0.139. The van der Waals surface area contributed by atoms with Gasteiger partial charge in [-0.25, -0.2) is 4.79 Å². The molecule has 6 heteroatoms. The smallest absolute Gasteiger partial charge is 0.344 e. The van der Waals surface area contributed by atoms with Gasteiger partial charge in [0.25, 0.3) is 0 Å². The van der Waals surface area contributed by atoms with E-state index in [1.165, 1.54) is 0 Å². The summed E-state index contributed by atoms with van der Waals surface area (Å²) in [5, 5.41) is 0.921. The molecule has 0 aliphatic heterocycles. The number of pyridine rings is 1. The molecule has 0 fully saturated rings. The van der Waals surface area contributed by atoms with Crippen LogP contribution in [0.4, 0.5) is 0 Å². The van der Waals surface area contributed by atoms with Crippen molar-refractivity contribution < 1.29 is 14.3 Å². The van der Waals surface area contributed by atoms with Crippen molar-refractivity contribution in [3.05, 3.63) is 33.3 Å². The van der Waals surface area contributed by atoms with Crippen molar-refractivity contribution in [1.29, 1.82) is 0 Å². The van der Waals surface area contributed by atoms with Crippen LogP contribution < -0.4 is 4.74 Å².